The number of ether oxygens (including phenoxy) is 1. The summed E-state index contributed by atoms with van der Waals surface area (Å²) in [7, 11) is 0. The number of nitrogens with zero attached hydrogens (tertiary/aromatic N) is 2. The molecule has 0 aliphatic carbocycles. The van der Waals surface area contributed by atoms with E-state index in [1.165, 1.54) is 5.56 Å². The summed E-state index contributed by atoms with van der Waals surface area (Å²) in [5, 5.41) is 3.24. The highest BCUT2D eigenvalue weighted by Crippen LogP contribution is 2.12. The number of benzene rings is 1. The van der Waals surface area contributed by atoms with Gasteiger partial charge < -0.3 is 10.1 Å². The molecule has 0 unspecified atom stereocenters. The summed E-state index contributed by atoms with van der Waals surface area (Å²) in [4.78, 5) is 8.66. The minimum Gasteiger partial charge on any atom is -0.492 e. The number of aryl methyl sites for hydroxylation is 3. The second-order valence-electron chi connectivity index (χ2n) is 4.54. The second-order valence-corrected chi connectivity index (χ2v) is 4.54. The van der Waals surface area contributed by atoms with Gasteiger partial charge in [0.25, 0.3) is 0 Å². The van der Waals surface area contributed by atoms with Crippen LogP contribution in [-0.4, -0.2) is 23.1 Å². The highest BCUT2D eigenvalue weighted by Gasteiger charge is 2.01. The van der Waals surface area contributed by atoms with Crippen LogP contribution in [0.1, 0.15) is 17.0 Å². The average Bonchev–Trinajstić information content (AvgIpc) is 2.39. The predicted octanol–water partition coefficient (Wildman–Crippen LogP) is 2.89. The summed E-state index contributed by atoms with van der Waals surface area (Å²) in [6.45, 7) is 7.22. The third kappa shape index (κ3) is 3.95. The van der Waals surface area contributed by atoms with Crippen molar-refractivity contribution in [1.82, 2.24) is 9.97 Å². The fourth-order valence-corrected chi connectivity index (χ4v) is 1.75. The van der Waals surface area contributed by atoms with Crippen LogP contribution < -0.4 is 10.1 Å². The summed E-state index contributed by atoms with van der Waals surface area (Å²) < 4.78 is 5.67. The first-order chi connectivity index (χ1) is 9.15. The van der Waals surface area contributed by atoms with E-state index in [9.17, 15) is 0 Å². The van der Waals surface area contributed by atoms with Gasteiger partial charge in [-0.1, -0.05) is 12.1 Å². The van der Waals surface area contributed by atoms with Crippen LogP contribution in [0.2, 0.25) is 0 Å². The van der Waals surface area contributed by atoms with E-state index in [-0.39, 0.29) is 0 Å². The van der Waals surface area contributed by atoms with Gasteiger partial charge >= 0.3 is 0 Å². The minimum absolute atomic E-state index is 0.596. The van der Waals surface area contributed by atoms with Crippen molar-refractivity contribution in [3.05, 3.63) is 47.4 Å². The number of rotatable bonds is 5. The Bertz CT molecular complexity index is 555. The van der Waals surface area contributed by atoms with Crippen molar-refractivity contribution in [2.24, 2.45) is 0 Å². The fraction of sp³-hybridized carbons (Fsp3) is 0.333. The van der Waals surface area contributed by atoms with E-state index in [0.29, 0.717) is 13.2 Å². The number of hydrogen-bond donors (Lipinski definition) is 1. The Kier molecular flexibility index (Phi) is 4.34. The lowest BCUT2D eigenvalue weighted by atomic mass is 10.2. The predicted molar refractivity (Wildman–Crippen MR) is 76.7 cm³/mol. The summed E-state index contributed by atoms with van der Waals surface area (Å²) in [5.41, 5.74) is 3.01. The summed E-state index contributed by atoms with van der Waals surface area (Å²) in [6, 6.07) is 8.04. The minimum atomic E-state index is 0.596. The van der Waals surface area contributed by atoms with Gasteiger partial charge in [0, 0.05) is 6.20 Å². The van der Waals surface area contributed by atoms with Crippen LogP contribution in [0.25, 0.3) is 0 Å². The van der Waals surface area contributed by atoms with Gasteiger partial charge in [0.15, 0.2) is 0 Å². The Morgan fingerprint density at radius 1 is 1.21 bits per heavy atom. The Labute approximate surface area is 113 Å². The fourth-order valence-electron chi connectivity index (χ4n) is 1.75. The third-order valence-electron chi connectivity index (χ3n) is 2.73. The van der Waals surface area contributed by atoms with Crippen LogP contribution in [0.4, 0.5) is 5.82 Å². The first-order valence-electron chi connectivity index (χ1n) is 6.39. The normalized spacial score (nSPS) is 10.3. The van der Waals surface area contributed by atoms with Crippen molar-refractivity contribution in [2.75, 3.05) is 18.5 Å². The lowest BCUT2D eigenvalue weighted by molar-refractivity contribution is 0.332. The Morgan fingerprint density at radius 2 is 2.05 bits per heavy atom. The molecule has 1 aromatic heterocycles. The van der Waals surface area contributed by atoms with Crippen LogP contribution in [0.15, 0.2) is 30.5 Å². The van der Waals surface area contributed by atoms with E-state index in [1.807, 2.05) is 32.0 Å². The van der Waals surface area contributed by atoms with Crippen molar-refractivity contribution in [3.8, 4) is 5.75 Å². The molecule has 1 N–H and O–H groups in total. The molecule has 0 fully saturated rings. The zero-order valence-electron chi connectivity index (χ0n) is 11.6. The van der Waals surface area contributed by atoms with Crippen LogP contribution >= 0.6 is 0 Å². The molecule has 2 aromatic rings. The van der Waals surface area contributed by atoms with Gasteiger partial charge in [-0.25, -0.2) is 4.98 Å². The molecule has 0 atom stereocenters. The monoisotopic (exact) mass is 257 g/mol. The van der Waals surface area contributed by atoms with Gasteiger partial charge in [-0.2, -0.15) is 0 Å². The van der Waals surface area contributed by atoms with Gasteiger partial charge in [0.2, 0.25) is 0 Å². The molecule has 0 amide bonds. The standard InChI is InChI=1S/C15H19N3O/c1-11-5-4-6-14(9-11)19-8-7-16-15-13(3)17-10-12(2)18-15/h4-6,9-10H,7-8H2,1-3H3,(H,16,18). The summed E-state index contributed by atoms with van der Waals surface area (Å²) in [6.07, 6.45) is 1.77. The van der Waals surface area contributed by atoms with Crippen LogP contribution in [0.5, 0.6) is 5.75 Å². The quantitative estimate of drug-likeness (QED) is 0.837. The molecule has 2 rings (SSSR count). The zero-order valence-corrected chi connectivity index (χ0v) is 11.6. The first-order valence-corrected chi connectivity index (χ1v) is 6.39. The maximum atomic E-state index is 5.67. The second kappa shape index (κ2) is 6.18. The maximum absolute atomic E-state index is 5.67. The zero-order chi connectivity index (χ0) is 13.7. The van der Waals surface area contributed by atoms with E-state index in [2.05, 4.69) is 28.3 Å². The average molecular weight is 257 g/mol. The van der Waals surface area contributed by atoms with Crippen molar-refractivity contribution in [1.29, 1.82) is 0 Å². The molecule has 19 heavy (non-hydrogen) atoms. The molecule has 0 spiro atoms. The Morgan fingerprint density at radius 3 is 2.84 bits per heavy atom. The van der Waals surface area contributed by atoms with Crippen molar-refractivity contribution in [3.63, 3.8) is 0 Å². The molecule has 1 heterocycles. The summed E-state index contributed by atoms with van der Waals surface area (Å²) >= 11 is 0. The van der Waals surface area contributed by atoms with E-state index in [1.54, 1.807) is 6.20 Å². The van der Waals surface area contributed by atoms with Crippen molar-refractivity contribution >= 4 is 5.82 Å². The molecule has 0 bridgehead atoms. The molecule has 1 aromatic carbocycles. The SMILES string of the molecule is Cc1cccc(OCCNc2nc(C)cnc2C)c1. The van der Waals surface area contributed by atoms with Crippen LogP contribution in [0, 0.1) is 20.8 Å². The van der Waals surface area contributed by atoms with Crippen molar-refractivity contribution < 1.29 is 4.74 Å². The van der Waals surface area contributed by atoms with Gasteiger partial charge in [-0.15, -0.1) is 0 Å². The van der Waals surface area contributed by atoms with E-state index in [4.69, 9.17) is 4.74 Å². The maximum Gasteiger partial charge on any atom is 0.147 e. The molecular formula is C15H19N3O. The van der Waals surface area contributed by atoms with E-state index >= 15 is 0 Å². The van der Waals surface area contributed by atoms with Crippen LogP contribution in [0.3, 0.4) is 0 Å². The van der Waals surface area contributed by atoms with Gasteiger partial charge in [0.1, 0.15) is 18.2 Å². The van der Waals surface area contributed by atoms with Gasteiger partial charge in [-0.05, 0) is 38.5 Å². The molecule has 0 aliphatic heterocycles. The van der Waals surface area contributed by atoms with Crippen LogP contribution in [-0.2, 0) is 0 Å². The Balaban J connectivity index is 1.82. The lowest BCUT2D eigenvalue weighted by Crippen LogP contribution is -2.14. The highest BCUT2D eigenvalue weighted by molar-refractivity contribution is 5.39. The first kappa shape index (κ1) is 13.3. The van der Waals surface area contributed by atoms with Gasteiger partial charge in [0.05, 0.1) is 17.9 Å². The number of aromatic nitrogens is 2. The van der Waals surface area contributed by atoms with Crippen molar-refractivity contribution in [2.45, 2.75) is 20.8 Å². The largest absolute Gasteiger partial charge is 0.492 e. The highest BCUT2D eigenvalue weighted by atomic mass is 16.5. The number of nitrogens with one attached hydrogen (secondary N) is 1. The van der Waals surface area contributed by atoms with Gasteiger partial charge in [-0.3, -0.25) is 4.98 Å². The molecule has 0 saturated carbocycles. The molecular weight excluding hydrogens is 238 g/mol. The summed E-state index contributed by atoms with van der Waals surface area (Å²) in [5.74, 6) is 1.72. The Hall–Kier alpha value is -2.10. The molecule has 0 aliphatic rings. The molecule has 100 valence electrons. The molecule has 4 nitrogen and oxygen atoms in total. The molecule has 0 saturated heterocycles. The molecule has 4 heteroatoms. The molecule has 0 radical (unpaired) electrons. The number of hydrogen-bond acceptors (Lipinski definition) is 4. The third-order valence-corrected chi connectivity index (χ3v) is 2.73. The van der Waals surface area contributed by atoms with E-state index in [0.717, 1.165) is 23.0 Å². The van der Waals surface area contributed by atoms with E-state index < -0.39 is 0 Å². The topological polar surface area (TPSA) is 47.0 Å². The number of anilines is 1. The lowest BCUT2D eigenvalue weighted by Gasteiger charge is -2.10. The smallest absolute Gasteiger partial charge is 0.147 e.